The molecule has 2 rings (SSSR count). The Morgan fingerprint density at radius 1 is 1.22 bits per heavy atom. The summed E-state index contributed by atoms with van der Waals surface area (Å²) in [7, 11) is 1.59. The van der Waals surface area contributed by atoms with Gasteiger partial charge in [0.05, 0.1) is 12.8 Å². The van der Waals surface area contributed by atoms with Crippen LogP contribution < -0.4 is 21.5 Å². The molecule has 0 atom stereocenters. The molecule has 0 saturated carbocycles. The second kappa shape index (κ2) is 5.09. The predicted octanol–water partition coefficient (Wildman–Crippen LogP) is 2.16. The summed E-state index contributed by atoms with van der Waals surface area (Å²) in [5.41, 5.74) is 11.9. The highest BCUT2D eigenvalue weighted by atomic mass is 79.9. The van der Waals surface area contributed by atoms with Gasteiger partial charge in [0.2, 0.25) is 5.95 Å². The van der Waals surface area contributed by atoms with Crippen molar-refractivity contribution in [3.05, 3.63) is 28.7 Å². The maximum atomic E-state index is 5.60. The van der Waals surface area contributed by atoms with Gasteiger partial charge >= 0.3 is 0 Å². The smallest absolute Gasteiger partial charge is 0.223 e. The van der Waals surface area contributed by atoms with E-state index >= 15 is 0 Å². The molecule has 0 amide bonds. The van der Waals surface area contributed by atoms with Crippen LogP contribution in [-0.4, -0.2) is 17.1 Å². The highest BCUT2D eigenvalue weighted by Gasteiger charge is 2.06. The summed E-state index contributed by atoms with van der Waals surface area (Å²) in [5, 5.41) is 3.08. The van der Waals surface area contributed by atoms with Crippen molar-refractivity contribution in [3.8, 4) is 5.75 Å². The fourth-order valence-electron chi connectivity index (χ4n) is 1.47. The maximum Gasteiger partial charge on any atom is 0.223 e. The molecule has 0 aliphatic rings. The van der Waals surface area contributed by atoms with Crippen molar-refractivity contribution in [1.82, 2.24) is 9.97 Å². The van der Waals surface area contributed by atoms with E-state index in [1.165, 1.54) is 0 Å². The number of halogens is 1. The third-order valence-corrected chi connectivity index (χ3v) is 2.68. The number of hydrogen-bond donors (Lipinski definition) is 3. The van der Waals surface area contributed by atoms with E-state index in [2.05, 4.69) is 31.2 Å². The quantitative estimate of drug-likeness (QED) is 0.803. The molecule has 5 N–H and O–H groups in total. The molecule has 1 aromatic carbocycles. The average molecular weight is 310 g/mol. The summed E-state index contributed by atoms with van der Waals surface area (Å²) in [6.45, 7) is 0. The zero-order valence-corrected chi connectivity index (χ0v) is 11.2. The van der Waals surface area contributed by atoms with Gasteiger partial charge in [-0.05, 0) is 18.2 Å². The Hall–Kier alpha value is -2.02. The molecule has 0 bridgehead atoms. The first-order valence-corrected chi connectivity index (χ1v) is 5.88. The Labute approximate surface area is 113 Å². The van der Waals surface area contributed by atoms with Crippen molar-refractivity contribution < 1.29 is 4.74 Å². The van der Waals surface area contributed by atoms with Crippen LogP contribution in [0.5, 0.6) is 5.75 Å². The normalized spacial score (nSPS) is 10.1. The minimum absolute atomic E-state index is 0.117. The van der Waals surface area contributed by atoms with Crippen LogP contribution in [0.4, 0.5) is 23.3 Å². The molecule has 0 aliphatic carbocycles. The number of rotatable bonds is 3. The van der Waals surface area contributed by atoms with Gasteiger partial charge in [-0.25, -0.2) is 0 Å². The minimum atomic E-state index is 0.117. The lowest BCUT2D eigenvalue weighted by atomic mass is 10.3. The molecule has 7 heteroatoms. The van der Waals surface area contributed by atoms with Crippen LogP contribution in [-0.2, 0) is 0 Å². The Bertz CT molecular complexity index is 555. The van der Waals surface area contributed by atoms with Gasteiger partial charge in [0.15, 0.2) is 0 Å². The van der Waals surface area contributed by atoms with Crippen LogP contribution >= 0.6 is 15.9 Å². The highest BCUT2D eigenvalue weighted by molar-refractivity contribution is 9.10. The number of anilines is 4. The molecule has 0 fully saturated rings. The van der Waals surface area contributed by atoms with E-state index in [0.29, 0.717) is 17.4 Å². The highest BCUT2D eigenvalue weighted by Crippen LogP contribution is 2.30. The van der Waals surface area contributed by atoms with Gasteiger partial charge in [-0.2, -0.15) is 9.97 Å². The average Bonchev–Trinajstić information content (AvgIpc) is 2.27. The van der Waals surface area contributed by atoms with Crippen molar-refractivity contribution in [1.29, 1.82) is 0 Å². The zero-order valence-electron chi connectivity index (χ0n) is 9.64. The first kappa shape index (κ1) is 12.4. The van der Waals surface area contributed by atoms with Crippen LogP contribution in [0.25, 0.3) is 0 Å². The Morgan fingerprint density at radius 3 is 2.67 bits per heavy atom. The third-order valence-electron chi connectivity index (χ3n) is 2.19. The molecule has 1 heterocycles. The van der Waals surface area contributed by atoms with Crippen molar-refractivity contribution >= 4 is 39.2 Å². The summed E-state index contributed by atoms with van der Waals surface area (Å²) in [4.78, 5) is 7.84. The van der Waals surface area contributed by atoms with Crippen molar-refractivity contribution in [3.63, 3.8) is 0 Å². The zero-order chi connectivity index (χ0) is 13.1. The van der Waals surface area contributed by atoms with Crippen molar-refractivity contribution in [2.24, 2.45) is 0 Å². The van der Waals surface area contributed by atoms with Gasteiger partial charge in [0, 0.05) is 10.5 Å². The molecular formula is C11H12BrN5O. The van der Waals surface area contributed by atoms with Crippen LogP contribution in [0.1, 0.15) is 0 Å². The molecule has 94 valence electrons. The molecule has 2 aromatic rings. The molecule has 0 unspecified atom stereocenters. The van der Waals surface area contributed by atoms with Gasteiger partial charge in [0.25, 0.3) is 0 Å². The number of nitrogens with zero attached hydrogens (tertiary/aromatic N) is 2. The van der Waals surface area contributed by atoms with Crippen LogP contribution in [0.3, 0.4) is 0 Å². The molecule has 0 aliphatic heterocycles. The Balaban J connectivity index is 2.35. The first-order chi connectivity index (χ1) is 8.58. The largest absolute Gasteiger partial charge is 0.495 e. The van der Waals surface area contributed by atoms with Crippen LogP contribution in [0.15, 0.2) is 28.7 Å². The van der Waals surface area contributed by atoms with E-state index in [1.54, 1.807) is 13.2 Å². The lowest BCUT2D eigenvalue weighted by Crippen LogP contribution is -2.03. The van der Waals surface area contributed by atoms with Gasteiger partial charge in [-0.3, -0.25) is 0 Å². The number of hydrogen-bond acceptors (Lipinski definition) is 6. The number of benzene rings is 1. The molecule has 6 nitrogen and oxygen atoms in total. The Kier molecular flexibility index (Phi) is 3.52. The lowest BCUT2D eigenvalue weighted by molar-refractivity contribution is 0.416. The molecular weight excluding hydrogens is 298 g/mol. The first-order valence-electron chi connectivity index (χ1n) is 5.09. The van der Waals surface area contributed by atoms with E-state index in [4.69, 9.17) is 16.2 Å². The second-order valence-corrected chi connectivity index (χ2v) is 4.42. The SMILES string of the molecule is COc1ccc(Br)cc1Nc1cc(N)nc(N)n1. The predicted molar refractivity (Wildman–Crippen MR) is 74.8 cm³/mol. The van der Waals surface area contributed by atoms with E-state index in [0.717, 1.165) is 10.2 Å². The molecule has 0 spiro atoms. The molecule has 18 heavy (non-hydrogen) atoms. The topological polar surface area (TPSA) is 99.1 Å². The summed E-state index contributed by atoms with van der Waals surface area (Å²) in [5.74, 6) is 1.62. The minimum Gasteiger partial charge on any atom is -0.495 e. The van der Waals surface area contributed by atoms with Crippen molar-refractivity contribution in [2.45, 2.75) is 0 Å². The molecule has 1 aromatic heterocycles. The van der Waals surface area contributed by atoms with E-state index < -0.39 is 0 Å². The number of ether oxygens (including phenoxy) is 1. The lowest BCUT2D eigenvalue weighted by Gasteiger charge is -2.11. The number of nitrogen functional groups attached to an aromatic ring is 2. The van der Waals surface area contributed by atoms with Gasteiger partial charge in [-0.15, -0.1) is 0 Å². The van der Waals surface area contributed by atoms with Crippen LogP contribution in [0, 0.1) is 0 Å². The second-order valence-electron chi connectivity index (χ2n) is 3.51. The Morgan fingerprint density at radius 2 is 2.00 bits per heavy atom. The molecule has 0 saturated heterocycles. The summed E-state index contributed by atoms with van der Waals surface area (Å²) < 4.78 is 6.16. The van der Waals surface area contributed by atoms with E-state index in [-0.39, 0.29) is 5.95 Å². The summed E-state index contributed by atoms with van der Waals surface area (Å²) in [6.07, 6.45) is 0. The van der Waals surface area contributed by atoms with Gasteiger partial charge in [-0.1, -0.05) is 15.9 Å². The third kappa shape index (κ3) is 2.80. The fourth-order valence-corrected chi connectivity index (χ4v) is 1.83. The number of nitrogens with one attached hydrogen (secondary N) is 1. The fraction of sp³-hybridized carbons (Fsp3) is 0.0909. The van der Waals surface area contributed by atoms with Gasteiger partial charge < -0.3 is 21.5 Å². The number of methoxy groups -OCH3 is 1. The van der Waals surface area contributed by atoms with E-state index in [9.17, 15) is 0 Å². The van der Waals surface area contributed by atoms with Crippen LogP contribution in [0.2, 0.25) is 0 Å². The maximum absolute atomic E-state index is 5.60. The standard InChI is InChI=1S/C11H12BrN5O/c1-18-8-3-2-6(12)4-7(8)15-10-5-9(13)16-11(14)17-10/h2-5H,1H3,(H5,13,14,15,16,17). The number of aromatic nitrogens is 2. The van der Waals surface area contributed by atoms with Crippen molar-refractivity contribution in [2.75, 3.05) is 23.9 Å². The van der Waals surface area contributed by atoms with Gasteiger partial charge in [0.1, 0.15) is 17.4 Å². The summed E-state index contributed by atoms with van der Waals surface area (Å²) in [6, 6.07) is 7.18. The summed E-state index contributed by atoms with van der Waals surface area (Å²) >= 11 is 3.39. The number of nitrogens with two attached hydrogens (primary N) is 2. The molecule has 0 radical (unpaired) electrons. The monoisotopic (exact) mass is 309 g/mol. The van der Waals surface area contributed by atoms with E-state index in [1.807, 2.05) is 18.2 Å².